The van der Waals surface area contributed by atoms with E-state index in [1.165, 1.54) is 5.56 Å². The van der Waals surface area contributed by atoms with Gasteiger partial charge in [-0.05, 0) is 42.7 Å². The van der Waals surface area contributed by atoms with Crippen LogP contribution in [-0.2, 0) is 20.7 Å². The molecule has 1 aromatic rings. The van der Waals surface area contributed by atoms with Crippen LogP contribution >= 0.6 is 0 Å². The van der Waals surface area contributed by atoms with E-state index in [-0.39, 0.29) is 23.1 Å². The van der Waals surface area contributed by atoms with Gasteiger partial charge in [0.2, 0.25) is 0 Å². The fraction of sp³-hybridized carbons (Fsp3) is 0.520. The molecule has 2 aliphatic rings. The maximum absolute atomic E-state index is 13.2. The molecule has 0 fully saturated rings. The molecule has 1 N–H and O–H groups in total. The van der Waals surface area contributed by atoms with Crippen LogP contribution < -0.4 is 5.32 Å². The number of Topliss-reactive ketones (excluding diaryl/α,β-unsaturated/α-hetero) is 1. The van der Waals surface area contributed by atoms with Crippen molar-refractivity contribution in [2.24, 2.45) is 5.41 Å². The van der Waals surface area contributed by atoms with E-state index in [2.05, 4.69) is 57.3 Å². The largest absolute Gasteiger partial charge is 0.462 e. The number of carbonyl (C=O) groups excluding carboxylic acids is 2. The van der Waals surface area contributed by atoms with E-state index in [9.17, 15) is 9.59 Å². The molecule has 4 nitrogen and oxygen atoms in total. The van der Waals surface area contributed by atoms with Crippen LogP contribution in [0.3, 0.4) is 0 Å². The number of benzene rings is 1. The highest BCUT2D eigenvalue weighted by Crippen LogP contribution is 2.46. The number of ether oxygens (including phenoxy) is 1. The minimum Gasteiger partial charge on any atom is -0.462 e. The van der Waals surface area contributed by atoms with E-state index in [1.807, 2.05) is 6.92 Å². The average molecular weight is 396 g/mol. The van der Waals surface area contributed by atoms with Crippen LogP contribution in [0.4, 0.5) is 0 Å². The molecule has 3 rings (SSSR count). The summed E-state index contributed by atoms with van der Waals surface area (Å²) in [6.07, 6.45) is 4.05. The molecule has 0 amide bonds. The van der Waals surface area contributed by atoms with Crippen molar-refractivity contribution in [1.29, 1.82) is 0 Å². The molecule has 1 atom stereocenters. The second kappa shape index (κ2) is 8.56. The molecule has 0 saturated heterocycles. The number of esters is 1. The Morgan fingerprint density at radius 3 is 2.48 bits per heavy atom. The summed E-state index contributed by atoms with van der Waals surface area (Å²) in [5.74, 6) is -0.563. The first-order chi connectivity index (χ1) is 13.8. The van der Waals surface area contributed by atoms with Gasteiger partial charge in [-0.25, -0.2) is 4.79 Å². The monoisotopic (exact) mass is 395 g/mol. The third kappa shape index (κ3) is 4.47. The van der Waals surface area contributed by atoms with Gasteiger partial charge >= 0.3 is 5.97 Å². The molecule has 0 spiro atoms. The maximum atomic E-state index is 13.2. The number of hydrogen-bond donors (Lipinski definition) is 1. The number of allylic oxidation sites excluding steroid dienone is 3. The van der Waals surface area contributed by atoms with E-state index < -0.39 is 0 Å². The minimum atomic E-state index is -0.366. The minimum absolute atomic E-state index is 0.0844. The molecule has 0 unspecified atom stereocenters. The van der Waals surface area contributed by atoms with Crippen molar-refractivity contribution in [2.75, 3.05) is 6.61 Å². The van der Waals surface area contributed by atoms with E-state index >= 15 is 0 Å². The summed E-state index contributed by atoms with van der Waals surface area (Å²) >= 11 is 0. The molecule has 0 bridgehead atoms. The number of ketones is 1. The molecule has 1 aromatic carbocycles. The molecule has 0 aromatic heterocycles. The first kappa shape index (κ1) is 21.4. The standard InChI is InChI=1S/C25H33NO3/c1-6-8-13-29-24(28)21-16(3)26-19-14-25(4,5)15-20(27)23(19)22(21)18-11-9-17(7-2)10-12-18/h9-12,22,26H,6-8,13-15H2,1-5H3/t22-/m0/s1. The lowest BCUT2D eigenvalue weighted by Crippen LogP contribution is -2.38. The van der Waals surface area contributed by atoms with Crippen LogP contribution in [-0.4, -0.2) is 18.4 Å². The molecule has 0 radical (unpaired) electrons. The summed E-state index contributed by atoms with van der Waals surface area (Å²) in [5, 5.41) is 3.39. The van der Waals surface area contributed by atoms with Crippen molar-refractivity contribution in [3.05, 3.63) is 57.9 Å². The van der Waals surface area contributed by atoms with Crippen molar-refractivity contribution in [3.8, 4) is 0 Å². The fourth-order valence-corrected chi connectivity index (χ4v) is 4.37. The van der Waals surface area contributed by atoms with Gasteiger partial charge < -0.3 is 10.1 Å². The second-order valence-corrected chi connectivity index (χ2v) is 9.01. The number of nitrogens with one attached hydrogen (secondary N) is 1. The maximum Gasteiger partial charge on any atom is 0.336 e. The second-order valence-electron chi connectivity index (χ2n) is 9.01. The Morgan fingerprint density at radius 2 is 1.86 bits per heavy atom. The number of dihydropyridines is 1. The average Bonchev–Trinajstić information content (AvgIpc) is 2.66. The molecule has 4 heteroatoms. The van der Waals surface area contributed by atoms with Crippen molar-refractivity contribution in [3.63, 3.8) is 0 Å². The predicted molar refractivity (Wildman–Crippen MR) is 115 cm³/mol. The highest BCUT2D eigenvalue weighted by molar-refractivity contribution is 6.04. The Balaban J connectivity index is 2.07. The quantitative estimate of drug-likeness (QED) is 0.531. The number of rotatable bonds is 6. The lowest BCUT2D eigenvalue weighted by Gasteiger charge is -2.39. The Bertz CT molecular complexity index is 859. The van der Waals surface area contributed by atoms with E-state index in [0.29, 0.717) is 18.6 Å². The van der Waals surface area contributed by atoms with Gasteiger partial charge in [-0.15, -0.1) is 0 Å². The fourth-order valence-electron chi connectivity index (χ4n) is 4.37. The summed E-state index contributed by atoms with van der Waals surface area (Å²) in [6.45, 7) is 10.7. The molecular formula is C25H33NO3. The Kier molecular flexibility index (Phi) is 6.30. The highest BCUT2D eigenvalue weighted by atomic mass is 16.5. The Hall–Kier alpha value is -2.36. The van der Waals surface area contributed by atoms with Gasteiger partial charge in [0.25, 0.3) is 0 Å². The van der Waals surface area contributed by atoms with Gasteiger partial charge in [0.1, 0.15) is 0 Å². The van der Waals surface area contributed by atoms with Crippen LogP contribution in [0.25, 0.3) is 0 Å². The van der Waals surface area contributed by atoms with Crippen molar-refractivity contribution in [2.45, 2.75) is 72.6 Å². The third-order valence-electron chi connectivity index (χ3n) is 5.91. The Labute approximate surface area is 174 Å². The Morgan fingerprint density at radius 1 is 1.17 bits per heavy atom. The SMILES string of the molecule is CCCCOC(=O)C1=C(C)NC2=C(C(=O)CC(C)(C)C2)[C@H]1c1ccc(CC)cc1. The molecular weight excluding hydrogens is 362 g/mol. The van der Waals surface area contributed by atoms with Gasteiger partial charge in [0.05, 0.1) is 12.2 Å². The number of aryl methyl sites for hydroxylation is 1. The molecule has 156 valence electrons. The van der Waals surface area contributed by atoms with Crippen molar-refractivity contribution < 1.29 is 14.3 Å². The summed E-state index contributed by atoms with van der Waals surface area (Å²) in [4.78, 5) is 26.3. The highest BCUT2D eigenvalue weighted by Gasteiger charge is 2.43. The topological polar surface area (TPSA) is 55.4 Å². The normalized spacial score (nSPS) is 21.0. The van der Waals surface area contributed by atoms with E-state index in [0.717, 1.165) is 48.2 Å². The molecule has 0 saturated carbocycles. The van der Waals surface area contributed by atoms with Crippen molar-refractivity contribution in [1.82, 2.24) is 5.32 Å². The van der Waals surface area contributed by atoms with Crippen LogP contribution in [0.5, 0.6) is 0 Å². The van der Waals surface area contributed by atoms with Crippen LogP contribution in [0, 0.1) is 5.41 Å². The van der Waals surface area contributed by atoms with Crippen LogP contribution in [0.2, 0.25) is 0 Å². The zero-order chi connectivity index (χ0) is 21.2. The van der Waals surface area contributed by atoms with Gasteiger partial charge in [0.15, 0.2) is 5.78 Å². The summed E-state index contributed by atoms with van der Waals surface area (Å²) in [6, 6.07) is 8.28. The molecule has 29 heavy (non-hydrogen) atoms. The number of hydrogen-bond acceptors (Lipinski definition) is 4. The van der Waals surface area contributed by atoms with E-state index in [4.69, 9.17) is 4.74 Å². The summed E-state index contributed by atoms with van der Waals surface area (Å²) in [7, 11) is 0. The number of carbonyl (C=O) groups is 2. The van der Waals surface area contributed by atoms with Gasteiger partial charge in [0, 0.05) is 29.3 Å². The van der Waals surface area contributed by atoms with Crippen LogP contribution in [0.15, 0.2) is 46.8 Å². The lowest BCUT2D eigenvalue weighted by molar-refractivity contribution is -0.139. The zero-order valence-corrected chi connectivity index (χ0v) is 18.4. The molecule has 1 aliphatic carbocycles. The van der Waals surface area contributed by atoms with Crippen LogP contribution in [0.1, 0.15) is 77.3 Å². The van der Waals surface area contributed by atoms with E-state index in [1.54, 1.807) is 0 Å². The molecule has 1 heterocycles. The molecule has 1 aliphatic heterocycles. The first-order valence-electron chi connectivity index (χ1n) is 10.8. The number of unbranched alkanes of at least 4 members (excludes halogenated alkanes) is 1. The first-order valence-corrected chi connectivity index (χ1v) is 10.8. The zero-order valence-electron chi connectivity index (χ0n) is 18.4. The summed E-state index contributed by atoms with van der Waals surface area (Å²) < 4.78 is 5.57. The lowest BCUT2D eigenvalue weighted by atomic mass is 9.68. The van der Waals surface area contributed by atoms with Crippen molar-refractivity contribution >= 4 is 11.8 Å². The third-order valence-corrected chi connectivity index (χ3v) is 5.91. The summed E-state index contributed by atoms with van der Waals surface area (Å²) in [5.41, 5.74) is 5.18. The van der Waals surface area contributed by atoms with Gasteiger partial charge in [-0.2, -0.15) is 0 Å². The smallest absolute Gasteiger partial charge is 0.336 e. The van der Waals surface area contributed by atoms with Gasteiger partial charge in [-0.3, -0.25) is 4.79 Å². The predicted octanol–water partition coefficient (Wildman–Crippen LogP) is 5.20. The van der Waals surface area contributed by atoms with Gasteiger partial charge in [-0.1, -0.05) is 58.4 Å².